The fourth-order valence-corrected chi connectivity index (χ4v) is 12.1. The zero-order valence-corrected chi connectivity index (χ0v) is 42.2. The van der Waals surface area contributed by atoms with E-state index < -0.39 is 185 Å². The standard InChI is InChI=1S/C51H80O25/c52-19-34-39(60)42(63)45(66)49(73-34)71-32-17-27(55)16-31-28(32)18-33(47(70-31)24-6-10-26(54)11-7-24)72-51-48(44(65)41(62)36(75-51)21-69-37(58)13-4-22-1-8-25(53)9-2-22)76-50-46(67)43(64)40(61)35(74-50)20-68-38(59)14-5-23-3-12-29(56)30(57)15-23/h4-5,13-14,22-36,39-57,60-67H,1-3,6-12,15-21H2/t22?,23?,24?,25?,26?,27?,28?,29?,30?,31?,32?,33?,34-,35-,36-,39-,40-,41+,42-,43+,44-,45+,46-,47?,48-,49+,50-,51+/m0/s1. The Bertz CT molecular complexity index is 1900. The average molecular weight is 1090 g/mol. The first-order valence-corrected chi connectivity index (χ1v) is 27.0. The highest BCUT2D eigenvalue weighted by atomic mass is 16.8. The van der Waals surface area contributed by atoms with E-state index in [1.807, 2.05) is 0 Å². The molecule has 76 heavy (non-hydrogen) atoms. The van der Waals surface area contributed by atoms with Crippen LogP contribution in [0.3, 0.4) is 0 Å². The number of aliphatic hydroxyl groups excluding tert-OH is 14. The molecular formula is C51H80O25. The van der Waals surface area contributed by atoms with Gasteiger partial charge in [0.05, 0.1) is 61.5 Å². The maximum absolute atomic E-state index is 13.0. The highest BCUT2D eigenvalue weighted by Gasteiger charge is 2.56. The maximum atomic E-state index is 13.0. The summed E-state index contributed by atoms with van der Waals surface area (Å²) in [5.41, 5.74) is 0. The number of ether oxygens (including phenoxy) is 9. The summed E-state index contributed by atoms with van der Waals surface area (Å²) in [6, 6.07) is 0. The lowest BCUT2D eigenvalue weighted by Gasteiger charge is -2.52. The van der Waals surface area contributed by atoms with Crippen LogP contribution in [0, 0.1) is 23.7 Å². The van der Waals surface area contributed by atoms with Crippen LogP contribution in [-0.2, 0) is 52.2 Å². The lowest BCUT2D eigenvalue weighted by molar-refractivity contribution is -0.380. The summed E-state index contributed by atoms with van der Waals surface area (Å²) in [5.74, 6) is -2.77. The summed E-state index contributed by atoms with van der Waals surface area (Å²) in [6.07, 6.45) is -22.4. The molecule has 9 unspecified atom stereocenters. The van der Waals surface area contributed by atoms with E-state index in [1.165, 1.54) is 12.2 Å². The van der Waals surface area contributed by atoms with E-state index in [0.717, 1.165) is 6.08 Å². The quantitative estimate of drug-likeness (QED) is 0.0517. The molecule has 0 aromatic rings. The van der Waals surface area contributed by atoms with Gasteiger partial charge in [-0.15, -0.1) is 0 Å². The molecular weight excluding hydrogens is 1010 g/mol. The van der Waals surface area contributed by atoms with Crippen LogP contribution in [-0.4, -0.2) is 250 Å². The van der Waals surface area contributed by atoms with Gasteiger partial charge < -0.3 is 114 Å². The van der Waals surface area contributed by atoms with Crippen LogP contribution >= 0.6 is 0 Å². The van der Waals surface area contributed by atoms with Gasteiger partial charge in [0.2, 0.25) is 0 Å². The van der Waals surface area contributed by atoms with Gasteiger partial charge in [0, 0.05) is 24.5 Å². The largest absolute Gasteiger partial charge is 0.460 e. The van der Waals surface area contributed by atoms with Crippen LogP contribution in [0.2, 0.25) is 0 Å². The van der Waals surface area contributed by atoms with E-state index in [4.69, 9.17) is 42.6 Å². The Hall–Kier alpha value is -2.42. The average Bonchev–Trinajstić information content (AvgIpc) is 3.41. The number of carbonyl (C=O) groups is 2. The van der Waals surface area contributed by atoms with Gasteiger partial charge in [-0.2, -0.15) is 0 Å². The van der Waals surface area contributed by atoms with E-state index in [-0.39, 0.29) is 43.4 Å². The highest BCUT2D eigenvalue weighted by Crippen LogP contribution is 2.45. The van der Waals surface area contributed by atoms with Crippen molar-refractivity contribution < 1.29 is 124 Å². The van der Waals surface area contributed by atoms with Crippen molar-refractivity contribution in [3.8, 4) is 0 Å². The topological polar surface area (TPSA) is 400 Å². The Kier molecular flexibility index (Phi) is 21.1. The third kappa shape index (κ3) is 14.5. The third-order valence-corrected chi connectivity index (χ3v) is 16.8. The lowest BCUT2D eigenvalue weighted by Crippen LogP contribution is -2.66. The second kappa shape index (κ2) is 26.9. The number of rotatable bonds is 16. The predicted octanol–water partition coefficient (Wildman–Crippen LogP) is -4.05. The van der Waals surface area contributed by atoms with Gasteiger partial charge in [-0.1, -0.05) is 12.2 Å². The molecule has 434 valence electrons. The number of carbonyl (C=O) groups excluding carboxylic acids is 2. The van der Waals surface area contributed by atoms with E-state index in [9.17, 15) is 81.1 Å². The molecule has 0 spiro atoms. The molecule has 4 aliphatic carbocycles. The van der Waals surface area contributed by atoms with Crippen LogP contribution < -0.4 is 0 Å². The molecule has 14 N–H and O–H groups in total. The number of esters is 2. The lowest BCUT2D eigenvalue weighted by atomic mass is 9.73. The van der Waals surface area contributed by atoms with Crippen molar-refractivity contribution in [3.63, 3.8) is 0 Å². The zero-order valence-electron chi connectivity index (χ0n) is 42.2. The van der Waals surface area contributed by atoms with Crippen molar-refractivity contribution in [2.24, 2.45) is 23.7 Å². The van der Waals surface area contributed by atoms with Crippen molar-refractivity contribution in [3.05, 3.63) is 24.3 Å². The molecule has 4 saturated carbocycles. The van der Waals surface area contributed by atoms with Crippen molar-refractivity contribution >= 4 is 11.9 Å². The Balaban J connectivity index is 1.03. The molecule has 0 aromatic carbocycles. The second-order valence-electron chi connectivity index (χ2n) is 22.2. The molecule has 4 heterocycles. The summed E-state index contributed by atoms with van der Waals surface area (Å²) in [4.78, 5) is 25.8. The van der Waals surface area contributed by atoms with E-state index >= 15 is 0 Å². The van der Waals surface area contributed by atoms with Crippen molar-refractivity contribution in [2.75, 3.05) is 19.8 Å². The third-order valence-electron chi connectivity index (χ3n) is 16.8. The van der Waals surface area contributed by atoms with Crippen LogP contribution in [0.4, 0.5) is 0 Å². The van der Waals surface area contributed by atoms with Gasteiger partial charge in [0.15, 0.2) is 18.9 Å². The van der Waals surface area contributed by atoms with Gasteiger partial charge in [-0.3, -0.25) is 0 Å². The van der Waals surface area contributed by atoms with E-state index in [1.54, 1.807) is 6.08 Å². The molecule has 24 atom stereocenters. The van der Waals surface area contributed by atoms with Gasteiger partial charge in [0.1, 0.15) is 86.5 Å². The number of hydrogen-bond acceptors (Lipinski definition) is 25. The van der Waals surface area contributed by atoms with Crippen LogP contribution in [0.15, 0.2) is 24.3 Å². The first kappa shape index (κ1) is 59.7. The minimum atomic E-state index is -2.02. The minimum Gasteiger partial charge on any atom is -0.460 e. The minimum absolute atomic E-state index is 0.0127. The molecule has 4 saturated heterocycles. The number of allylic oxidation sites excluding steroid dienone is 2. The fraction of sp³-hybridized carbons (Fsp3) is 0.882. The SMILES string of the molecule is O=C(C=CC1CCC(O)C(O)C1)OC[C@@H]1O[C@@H](O[C@@H]2[C@H](OC3CC4C(CC(O)CC4O[C@@H]4O[C@@H](CO)[C@H](O)[C@H](O)[C@H]4O)OC3C3CCC(O)CC3)O[C@@H](COC(=O)C=CC3CCC(O)CC3)[C@@H](O)[C@@H]2O)[C@@H](O)[C@H](O)[C@H]1O. The Morgan fingerprint density at radius 2 is 0.961 bits per heavy atom. The van der Waals surface area contributed by atoms with Gasteiger partial charge >= 0.3 is 11.9 Å². The number of fused-ring (bicyclic) bond motifs is 1. The molecule has 8 aliphatic rings. The molecule has 25 nitrogen and oxygen atoms in total. The predicted molar refractivity (Wildman–Crippen MR) is 253 cm³/mol. The normalized spacial score (nSPS) is 48.6. The molecule has 8 fully saturated rings. The second-order valence-corrected chi connectivity index (χ2v) is 22.2. The van der Waals surface area contributed by atoms with Gasteiger partial charge in [0.25, 0.3) is 0 Å². The van der Waals surface area contributed by atoms with Crippen molar-refractivity contribution in [1.82, 2.24) is 0 Å². The molecule has 0 aromatic heterocycles. The van der Waals surface area contributed by atoms with Crippen LogP contribution in [0.25, 0.3) is 0 Å². The monoisotopic (exact) mass is 1090 g/mol. The first-order chi connectivity index (χ1) is 36.3. The first-order valence-electron chi connectivity index (χ1n) is 27.0. The van der Waals surface area contributed by atoms with Gasteiger partial charge in [-0.25, -0.2) is 9.59 Å². The van der Waals surface area contributed by atoms with Gasteiger partial charge in [-0.05, 0) is 101 Å². The van der Waals surface area contributed by atoms with Crippen LogP contribution in [0.1, 0.15) is 89.9 Å². The highest BCUT2D eigenvalue weighted by molar-refractivity contribution is 5.82. The fourth-order valence-electron chi connectivity index (χ4n) is 12.1. The van der Waals surface area contributed by atoms with Crippen LogP contribution in [0.5, 0.6) is 0 Å². The molecule has 8 rings (SSSR count). The Morgan fingerprint density at radius 1 is 0.447 bits per heavy atom. The Morgan fingerprint density at radius 3 is 1.57 bits per heavy atom. The molecule has 0 radical (unpaired) electrons. The molecule has 0 bridgehead atoms. The van der Waals surface area contributed by atoms with Crippen molar-refractivity contribution in [1.29, 1.82) is 0 Å². The Labute approximate surface area is 439 Å². The summed E-state index contributed by atoms with van der Waals surface area (Å²) in [7, 11) is 0. The zero-order chi connectivity index (χ0) is 54.5. The summed E-state index contributed by atoms with van der Waals surface area (Å²) in [6.45, 7) is -2.00. The summed E-state index contributed by atoms with van der Waals surface area (Å²) in [5, 5.41) is 150. The number of aliphatic hydroxyl groups is 14. The molecule has 4 aliphatic heterocycles. The maximum Gasteiger partial charge on any atom is 0.330 e. The number of hydrogen-bond donors (Lipinski definition) is 14. The molecule has 25 heteroatoms. The summed E-state index contributed by atoms with van der Waals surface area (Å²) < 4.78 is 54.8. The van der Waals surface area contributed by atoms with E-state index in [0.29, 0.717) is 64.2 Å². The smallest absolute Gasteiger partial charge is 0.330 e. The summed E-state index contributed by atoms with van der Waals surface area (Å²) >= 11 is 0. The van der Waals surface area contributed by atoms with Crippen molar-refractivity contribution in [2.45, 2.75) is 237 Å². The van der Waals surface area contributed by atoms with E-state index in [2.05, 4.69) is 0 Å². The molecule has 0 amide bonds.